The molecule has 4 unspecified atom stereocenters. The van der Waals surface area contributed by atoms with Crippen LogP contribution in [0.15, 0.2) is 60.7 Å². The summed E-state index contributed by atoms with van der Waals surface area (Å²) in [5, 5.41) is 0. The van der Waals surface area contributed by atoms with Crippen LogP contribution in [0.1, 0.15) is 89.7 Å². The molecular formula is C34H46NO5+. The third kappa shape index (κ3) is 5.45. The summed E-state index contributed by atoms with van der Waals surface area (Å²) in [6, 6.07) is 20.3. The fourth-order valence-electron chi connectivity index (χ4n) is 7.93. The summed E-state index contributed by atoms with van der Waals surface area (Å²) in [6.45, 7) is 8.12. The van der Waals surface area contributed by atoms with Crippen molar-refractivity contribution in [2.24, 2.45) is 5.92 Å². The van der Waals surface area contributed by atoms with Gasteiger partial charge in [-0.3, -0.25) is 4.79 Å². The Morgan fingerprint density at radius 1 is 0.900 bits per heavy atom. The summed E-state index contributed by atoms with van der Waals surface area (Å²) >= 11 is 0. The number of esters is 2. The molecule has 3 saturated heterocycles. The van der Waals surface area contributed by atoms with Gasteiger partial charge in [0.05, 0.1) is 25.2 Å². The monoisotopic (exact) mass is 548 g/mol. The predicted molar refractivity (Wildman–Crippen MR) is 154 cm³/mol. The lowest BCUT2D eigenvalue weighted by Gasteiger charge is -2.47. The van der Waals surface area contributed by atoms with Gasteiger partial charge in [-0.25, -0.2) is 4.79 Å². The van der Waals surface area contributed by atoms with Gasteiger partial charge in [-0.1, -0.05) is 80.9 Å². The number of quaternary nitrogens is 1. The van der Waals surface area contributed by atoms with Gasteiger partial charge >= 0.3 is 11.9 Å². The number of carbonyl (C=O) groups is 2. The lowest BCUT2D eigenvalue weighted by Crippen LogP contribution is -2.60. The van der Waals surface area contributed by atoms with E-state index in [0.29, 0.717) is 23.2 Å². The molecular weight excluding hydrogens is 502 g/mol. The Labute approximate surface area is 239 Å². The molecule has 0 radical (unpaired) electrons. The molecule has 5 rings (SSSR count). The first-order valence-electron chi connectivity index (χ1n) is 15.5. The van der Waals surface area contributed by atoms with E-state index in [4.69, 9.17) is 14.2 Å². The van der Waals surface area contributed by atoms with E-state index in [2.05, 4.69) is 13.8 Å². The van der Waals surface area contributed by atoms with Crippen LogP contribution in [0.2, 0.25) is 0 Å². The van der Waals surface area contributed by atoms with E-state index in [1.54, 1.807) is 0 Å². The SMILES string of the molecule is CCCC(CC)C(OC(C)=O)OC(C(=O)OC1CC2CCC(C1)[N+]21CCCC1)(c1ccccc1)c1ccccc1. The van der Waals surface area contributed by atoms with Gasteiger partial charge in [0.15, 0.2) is 0 Å². The number of nitrogens with zero attached hydrogens (tertiary/aromatic N) is 1. The molecule has 3 fully saturated rings. The Morgan fingerprint density at radius 2 is 1.45 bits per heavy atom. The minimum atomic E-state index is -1.57. The highest BCUT2D eigenvalue weighted by atomic mass is 16.7. The summed E-state index contributed by atoms with van der Waals surface area (Å²) in [4.78, 5) is 27.0. The average molecular weight is 549 g/mol. The Balaban J connectivity index is 1.53. The van der Waals surface area contributed by atoms with Gasteiger partial charge in [0, 0.05) is 51.4 Å². The van der Waals surface area contributed by atoms with Gasteiger partial charge in [0.1, 0.15) is 6.10 Å². The van der Waals surface area contributed by atoms with Crippen LogP contribution >= 0.6 is 0 Å². The standard InChI is InChI=1S/C34H46NO5/c1-4-14-26(5-2)32(38-25(3)36)40-34(27-15-8-6-9-16-27,28-17-10-7-11-18-28)33(37)39-31-23-29-19-20-30(24-31)35(29)21-12-13-22-35/h6-11,15-18,26,29-32H,4-5,12-14,19-24H2,1-3H3/q+1. The van der Waals surface area contributed by atoms with E-state index in [1.165, 1.54) is 50.2 Å². The summed E-state index contributed by atoms with van der Waals surface area (Å²) in [6.07, 6.45) is 8.33. The maximum atomic E-state index is 14.7. The van der Waals surface area contributed by atoms with Gasteiger partial charge in [-0.15, -0.1) is 0 Å². The fraction of sp³-hybridized carbons (Fsp3) is 0.588. The van der Waals surface area contributed by atoms with Crippen molar-refractivity contribution in [1.29, 1.82) is 0 Å². The molecule has 0 saturated carbocycles. The molecule has 40 heavy (non-hydrogen) atoms. The first-order valence-corrected chi connectivity index (χ1v) is 15.5. The molecule has 3 aliphatic rings. The van der Waals surface area contributed by atoms with Crippen LogP contribution in [-0.2, 0) is 29.4 Å². The molecule has 0 aliphatic carbocycles. The number of rotatable bonds is 11. The number of benzene rings is 2. The summed E-state index contributed by atoms with van der Waals surface area (Å²) < 4.78 is 20.5. The van der Waals surface area contributed by atoms with Crippen molar-refractivity contribution in [2.75, 3.05) is 13.1 Å². The molecule has 2 aromatic carbocycles. The van der Waals surface area contributed by atoms with Crippen LogP contribution in [0.4, 0.5) is 0 Å². The highest BCUT2D eigenvalue weighted by molar-refractivity contribution is 5.86. The fourth-order valence-corrected chi connectivity index (χ4v) is 7.93. The maximum Gasteiger partial charge on any atom is 0.348 e. The van der Waals surface area contributed by atoms with E-state index in [1.807, 2.05) is 60.7 Å². The zero-order chi connectivity index (χ0) is 28.2. The third-order valence-corrected chi connectivity index (χ3v) is 9.82. The molecule has 2 bridgehead atoms. The molecule has 0 aromatic heterocycles. The maximum absolute atomic E-state index is 14.7. The van der Waals surface area contributed by atoms with E-state index < -0.39 is 23.8 Å². The smallest absolute Gasteiger partial charge is 0.348 e. The second-order valence-corrected chi connectivity index (χ2v) is 12.1. The van der Waals surface area contributed by atoms with Crippen LogP contribution in [-0.4, -0.2) is 54.0 Å². The molecule has 2 aromatic rings. The number of hydrogen-bond acceptors (Lipinski definition) is 5. The van der Waals surface area contributed by atoms with Crippen LogP contribution in [0.3, 0.4) is 0 Å². The topological polar surface area (TPSA) is 61.8 Å². The van der Waals surface area contributed by atoms with Gasteiger partial charge in [0.2, 0.25) is 11.9 Å². The number of ether oxygens (including phenoxy) is 3. The lowest BCUT2D eigenvalue weighted by atomic mass is 9.85. The molecule has 4 atom stereocenters. The highest BCUT2D eigenvalue weighted by Gasteiger charge is 2.57. The number of hydrogen-bond donors (Lipinski definition) is 0. The van der Waals surface area contributed by atoms with Gasteiger partial charge < -0.3 is 18.7 Å². The van der Waals surface area contributed by atoms with Crippen LogP contribution in [0.5, 0.6) is 0 Å². The third-order valence-electron chi connectivity index (χ3n) is 9.82. The van der Waals surface area contributed by atoms with Crippen molar-refractivity contribution >= 4 is 11.9 Å². The molecule has 216 valence electrons. The van der Waals surface area contributed by atoms with Crippen molar-refractivity contribution in [3.63, 3.8) is 0 Å². The molecule has 3 heterocycles. The minimum Gasteiger partial charge on any atom is -0.459 e. The van der Waals surface area contributed by atoms with E-state index in [0.717, 1.165) is 32.1 Å². The van der Waals surface area contributed by atoms with Crippen molar-refractivity contribution in [1.82, 2.24) is 0 Å². The predicted octanol–water partition coefficient (Wildman–Crippen LogP) is 6.51. The first kappa shape index (κ1) is 28.8. The molecule has 3 aliphatic heterocycles. The molecule has 6 nitrogen and oxygen atoms in total. The summed E-state index contributed by atoms with van der Waals surface area (Å²) in [5.74, 6) is -0.905. The zero-order valence-electron chi connectivity index (χ0n) is 24.4. The Bertz CT molecular complexity index is 1070. The van der Waals surface area contributed by atoms with E-state index in [9.17, 15) is 9.59 Å². The largest absolute Gasteiger partial charge is 0.459 e. The molecule has 1 spiro atoms. The van der Waals surface area contributed by atoms with Crippen LogP contribution in [0, 0.1) is 5.92 Å². The number of carbonyl (C=O) groups excluding carboxylic acids is 2. The zero-order valence-corrected chi connectivity index (χ0v) is 24.4. The van der Waals surface area contributed by atoms with Gasteiger partial charge in [0.25, 0.3) is 0 Å². The molecule has 0 amide bonds. The van der Waals surface area contributed by atoms with Crippen molar-refractivity contribution in [3.05, 3.63) is 71.8 Å². The second-order valence-electron chi connectivity index (χ2n) is 12.1. The Morgan fingerprint density at radius 3 is 1.93 bits per heavy atom. The molecule has 0 N–H and O–H groups in total. The Hall–Kier alpha value is -2.70. The van der Waals surface area contributed by atoms with E-state index in [-0.39, 0.29) is 12.0 Å². The molecule has 6 heteroatoms. The Kier molecular flexibility index (Phi) is 8.96. The van der Waals surface area contributed by atoms with E-state index >= 15 is 0 Å². The average Bonchev–Trinajstić information content (AvgIpc) is 3.51. The van der Waals surface area contributed by atoms with Crippen LogP contribution in [0.25, 0.3) is 0 Å². The normalized spacial score (nSPS) is 24.9. The lowest BCUT2D eigenvalue weighted by molar-refractivity contribution is -0.956. The summed E-state index contributed by atoms with van der Waals surface area (Å²) in [7, 11) is 0. The first-order chi connectivity index (χ1) is 19.4. The minimum absolute atomic E-state index is 0.0569. The van der Waals surface area contributed by atoms with Crippen molar-refractivity contribution < 1.29 is 28.3 Å². The quantitative estimate of drug-likeness (QED) is 0.182. The highest BCUT2D eigenvalue weighted by Crippen LogP contribution is 2.47. The van der Waals surface area contributed by atoms with Gasteiger partial charge in [-0.2, -0.15) is 0 Å². The van der Waals surface area contributed by atoms with Crippen LogP contribution < -0.4 is 0 Å². The van der Waals surface area contributed by atoms with Crippen molar-refractivity contribution in [3.8, 4) is 0 Å². The van der Waals surface area contributed by atoms with Crippen molar-refractivity contribution in [2.45, 2.75) is 109 Å². The summed E-state index contributed by atoms with van der Waals surface area (Å²) in [5.41, 5.74) is -0.215. The van der Waals surface area contributed by atoms with Gasteiger partial charge in [-0.05, 0) is 24.0 Å². The number of piperidine rings is 1. The second kappa shape index (κ2) is 12.4.